The largest absolute Gasteiger partial charge is 0.484 e. The van der Waals surface area contributed by atoms with Crippen LogP contribution in [0.4, 0.5) is 0 Å². The number of aryl methyl sites for hydroxylation is 3. The van der Waals surface area contributed by atoms with E-state index in [9.17, 15) is 4.79 Å². The SMILES string of the molecule is Cc1nnc([C@H]2CCCN(C(=O)COc3ccc(C)c(C)c3)[C@H]2C)o1. The summed E-state index contributed by atoms with van der Waals surface area (Å²) >= 11 is 0. The fourth-order valence-electron chi connectivity index (χ4n) is 3.32. The normalized spacial score (nSPS) is 20.6. The average Bonchev–Trinajstić information content (AvgIpc) is 3.02. The quantitative estimate of drug-likeness (QED) is 0.853. The van der Waals surface area contributed by atoms with Crippen molar-refractivity contribution >= 4 is 5.91 Å². The molecule has 1 aliphatic heterocycles. The third-order valence-electron chi connectivity index (χ3n) is 5.01. The van der Waals surface area contributed by atoms with Crippen molar-refractivity contribution in [1.82, 2.24) is 15.1 Å². The Morgan fingerprint density at radius 3 is 2.76 bits per heavy atom. The molecule has 0 unspecified atom stereocenters. The molecule has 1 aromatic carbocycles. The molecule has 1 amide bonds. The molecule has 6 nitrogen and oxygen atoms in total. The Morgan fingerprint density at radius 2 is 2.08 bits per heavy atom. The van der Waals surface area contributed by atoms with Crippen molar-refractivity contribution in [3.63, 3.8) is 0 Å². The number of rotatable bonds is 4. The van der Waals surface area contributed by atoms with E-state index in [0.29, 0.717) is 11.8 Å². The average molecular weight is 343 g/mol. The van der Waals surface area contributed by atoms with E-state index in [-0.39, 0.29) is 24.5 Å². The first-order chi connectivity index (χ1) is 12.0. The van der Waals surface area contributed by atoms with Crippen molar-refractivity contribution in [2.24, 2.45) is 0 Å². The van der Waals surface area contributed by atoms with Gasteiger partial charge >= 0.3 is 0 Å². The van der Waals surface area contributed by atoms with Gasteiger partial charge in [0.25, 0.3) is 5.91 Å². The number of carbonyl (C=O) groups excluding carboxylic acids is 1. The van der Waals surface area contributed by atoms with Crippen LogP contribution in [0.2, 0.25) is 0 Å². The zero-order valence-electron chi connectivity index (χ0n) is 15.3. The molecule has 3 rings (SSSR count). The summed E-state index contributed by atoms with van der Waals surface area (Å²) in [6.45, 7) is 8.69. The maximum atomic E-state index is 12.7. The summed E-state index contributed by atoms with van der Waals surface area (Å²) in [5, 5.41) is 8.05. The fraction of sp³-hybridized carbons (Fsp3) is 0.526. The lowest BCUT2D eigenvalue weighted by Crippen LogP contribution is -2.47. The molecule has 0 aliphatic carbocycles. The second-order valence-electron chi connectivity index (χ2n) is 6.77. The van der Waals surface area contributed by atoms with Gasteiger partial charge in [0.1, 0.15) is 5.75 Å². The van der Waals surface area contributed by atoms with Crippen LogP contribution in [0.3, 0.4) is 0 Å². The number of aromatic nitrogens is 2. The number of nitrogens with zero attached hydrogens (tertiary/aromatic N) is 3. The first kappa shape index (κ1) is 17.5. The highest BCUT2D eigenvalue weighted by atomic mass is 16.5. The summed E-state index contributed by atoms with van der Waals surface area (Å²) in [6.07, 6.45) is 1.87. The zero-order chi connectivity index (χ0) is 18.0. The predicted octanol–water partition coefficient (Wildman–Crippen LogP) is 3.17. The lowest BCUT2D eigenvalue weighted by atomic mass is 9.90. The summed E-state index contributed by atoms with van der Waals surface area (Å²) in [5.74, 6) is 1.98. The Hall–Kier alpha value is -2.37. The van der Waals surface area contributed by atoms with E-state index in [2.05, 4.69) is 17.1 Å². The summed E-state index contributed by atoms with van der Waals surface area (Å²) in [7, 11) is 0. The molecule has 1 fully saturated rings. The van der Waals surface area contributed by atoms with Crippen molar-refractivity contribution < 1.29 is 13.9 Å². The van der Waals surface area contributed by atoms with E-state index in [4.69, 9.17) is 9.15 Å². The van der Waals surface area contributed by atoms with Crippen molar-refractivity contribution in [3.05, 3.63) is 41.1 Å². The number of hydrogen-bond acceptors (Lipinski definition) is 5. The summed E-state index contributed by atoms with van der Waals surface area (Å²) in [6, 6.07) is 5.89. The molecule has 134 valence electrons. The van der Waals surface area contributed by atoms with Gasteiger partial charge in [-0.2, -0.15) is 0 Å². The third kappa shape index (κ3) is 3.83. The molecule has 0 spiro atoms. The van der Waals surface area contributed by atoms with Crippen LogP contribution in [-0.2, 0) is 4.79 Å². The van der Waals surface area contributed by atoms with Crippen LogP contribution < -0.4 is 4.74 Å². The molecular formula is C19H25N3O3. The van der Waals surface area contributed by atoms with E-state index < -0.39 is 0 Å². The van der Waals surface area contributed by atoms with Crippen molar-refractivity contribution in [3.8, 4) is 5.75 Å². The van der Waals surface area contributed by atoms with Gasteiger partial charge < -0.3 is 14.1 Å². The second-order valence-corrected chi connectivity index (χ2v) is 6.77. The molecule has 2 aromatic rings. The highest BCUT2D eigenvalue weighted by Gasteiger charge is 2.35. The van der Waals surface area contributed by atoms with Gasteiger partial charge in [-0.3, -0.25) is 4.79 Å². The van der Waals surface area contributed by atoms with Gasteiger partial charge in [0.2, 0.25) is 11.8 Å². The Balaban J connectivity index is 1.63. The lowest BCUT2D eigenvalue weighted by molar-refractivity contribution is -0.137. The van der Waals surface area contributed by atoms with Crippen LogP contribution in [0.5, 0.6) is 5.75 Å². The standard InChI is InChI=1S/C19H25N3O3/c1-12-7-8-16(10-13(12)2)24-11-18(23)22-9-5-6-17(14(22)3)19-21-20-15(4)25-19/h7-8,10,14,17H,5-6,9,11H2,1-4H3/t14-,17-/m0/s1. The Labute approximate surface area is 148 Å². The van der Waals surface area contributed by atoms with Gasteiger partial charge in [-0.25, -0.2) is 0 Å². The highest BCUT2D eigenvalue weighted by molar-refractivity contribution is 5.78. The highest BCUT2D eigenvalue weighted by Crippen LogP contribution is 2.31. The van der Waals surface area contributed by atoms with E-state index in [1.165, 1.54) is 5.56 Å². The zero-order valence-corrected chi connectivity index (χ0v) is 15.3. The van der Waals surface area contributed by atoms with Gasteiger partial charge in [0.05, 0.1) is 5.92 Å². The Kier molecular flexibility index (Phi) is 5.06. The minimum absolute atomic E-state index is 0.00772. The van der Waals surface area contributed by atoms with Gasteiger partial charge in [-0.05, 0) is 56.9 Å². The minimum Gasteiger partial charge on any atom is -0.484 e. The van der Waals surface area contributed by atoms with Crippen molar-refractivity contribution in [2.45, 2.75) is 52.5 Å². The van der Waals surface area contributed by atoms with E-state index in [0.717, 1.165) is 30.7 Å². The fourth-order valence-corrected chi connectivity index (χ4v) is 3.32. The van der Waals surface area contributed by atoms with E-state index in [1.54, 1.807) is 6.92 Å². The number of carbonyl (C=O) groups is 1. The van der Waals surface area contributed by atoms with E-state index >= 15 is 0 Å². The number of hydrogen-bond donors (Lipinski definition) is 0. The number of benzene rings is 1. The summed E-state index contributed by atoms with van der Waals surface area (Å²) in [4.78, 5) is 14.5. The maximum absolute atomic E-state index is 12.7. The summed E-state index contributed by atoms with van der Waals surface area (Å²) < 4.78 is 11.3. The summed E-state index contributed by atoms with van der Waals surface area (Å²) in [5.41, 5.74) is 2.36. The monoisotopic (exact) mass is 343 g/mol. The smallest absolute Gasteiger partial charge is 0.260 e. The number of ether oxygens (including phenoxy) is 1. The van der Waals surface area contributed by atoms with Crippen LogP contribution in [0, 0.1) is 20.8 Å². The molecule has 0 saturated carbocycles. The second kappa shape index (κ2) is 7.25. The molecule has 0 bridgehead atoms. The van der Waals surface area contributed by atoms with Crippen LogP contribution in [0.25, 0.3) is 0 Å². The number of amides is 1. The van der Waals surface area contributed by atoms with Gasteiger partial charge in [-0.15, -0.1) is 10.2 Å². The molecule has 0 radical (unpaired) electrons. The van der Waals surface area contributed by atoms with Crippen LogP contribution in [0.15, 0.2) is 22.6 Å². The van der Waals surface area contributed by atoms with Crippen LogP contribution in [-0.4, -0.2) is 40.2 Å². The van der Waals surface area contributed by atoms with Crippen LogP contribution in [0.1, 0.15) is 48.6 Å². The maximum Gasteiger partial charge on any atom is 0.260 e. The molecule has 2 heterocycles. The molecule has 1 aromatic heterocycles. The number of likely N-dealkylation sites (tertiary alicyclic amines) is 1. The molecule has 6 heteroatoms. The molecule has 2 atom stereocenters. The Morgan fingerprint density at radius 1 is 1.28 bits per heavy atom. The molecule has 1 saturated heterocycles. The molecule has 25 heavy (non-hydrogen) atoms. The molecular weight excluding hydrogens is 318 g/mol. The predicted molar refractivity (Wildman–Crippen MR) is 93.6 cm³/mol. The molecule has 1 aliphatic rings. The van der Waals surface area contributed by atoms with E-state index in [1.807, 2.05) is 36.9 Å². The lowest BCUT2D eigenvalue weighted by Gasteiger charge is -2.37. The van der Waals surface area contributed by atoms with Crippen LogP contribution >= 0.6 is 0 Å². The van der Waals surface area contributed by atoms with Crippen molar-refractivity contribution in [1.29, 1.82) is 0 Å². The van der Waals surface area contributed by atoms with Gasteiger partial charge in [-0.1, -0.05) is 6.07 Å². The Bertz CT molecular complexity index is 756. The van der Waals surface area contributed by atoms with Gasteiger partial charge in [0.15, 0.2) is 6.61 Å². The number of piperidine rings is 1. The van der Waals surface area contributed by atoms with Crippen molar-refractivity contribution in [2.75, 3.05) is 13.2 Å². The topological polar surface area (TPSA) is 68.5 Å². The minimum atomic E-state index is -0.00772. The van der Waals surface area contributed by atoms with Gasteiger partial charge in [0, 0.05) is 19.5 Å². The first-order valence-electron chi connectivity index (χ1n) is 8.75. The first-order valence-corrected chi connectivity index (χ1v) is 8.75. The third-order valence-corrected chi connectivity index (χ3v) is 5.01. The molecule has 0 N–H and O–H groups in total.